The molecule has 5 nitrogen and oxygen atoms in total. The number of hydrogen-bond acceptors (Lipinski definition) is 6. The summed E-state index contributed by atoms with van der Waals surface area (Å²) in [5.41, 5.74) is 3.07. The molecule has 3 aromatic rings. The Kier molecular flexibility index (Phi) is 6.47. The van der Waals surface area contributed by atoms with E-state index in [1.165, 1.54) is 28.7 Å². The van der Waals surface area contributed by atoms with Gasteiger partial charge in [0.2, 0.25) is 11.0 Å². The quantitative estimate of drug-likeness (QED) is 0.560. The Morgan fingerprint density at radius 3 is 2.67 bits per heavy atom. The van der Waals surface area contributed by atoms with E-state index in [0.717, 1.165) is 20.8 Å². The third-order valence-corrected chi connectivity index (χ3v) is 5.96. The zero-order valence-corrected chi connectivity index (χ0v) is 17.2. The fourth-order valence-corrected chi connectivity index (χ4v) is 4.63. The molecule has 1 unspecified atom stereocenters. The Balaban J connectivity index is 1.64. The van der Waals surface area contributed by atoms with Crippen LogP contribution < -0.4 is 10.2 Å². The molecule has 0 saturated heterocycles. The van der Waals surface area contributed by atoms with Crippen molar-refractivity contribution in [2.75, 3.05) is 16.8 Å². The van der Waals surface area contributed by atoms with Crippen LogP contribution in [0, 0.1) is 6.92 Å². The Labute approximate surface area is 167 Å². The van der Waals surface area contributed by atoms with Gasteiger partial charge in [-0.25, -0.2) is 0 Å². The predicted molar refractivity (Wildman–Crippen MR) is 114 cm³/mol. The Morgan fingerprint density at radius 1 is 1.19 bits per heavy atom. The van der Waals surface area contributed by atoms with Crippen molar-refractivity contribution in [1.82, 2.24) is 10.2 Å². The monoisotopic (exact) mass is 398 g/mol. The van der Waals surface area contributed by atoms with Crippen molar-refractivity contribution in [2.24, 2.45) is 0 Å². The van der Waals surface area contributed by atoms with Crippen LogP contribution in [0.5, 0.6) is 0 Å². The van der Waals surface area contributed by atoms with Crippen molar-refractivity contribution in [3.63, 3.8) is 0 Å². The zero-order chi connectivity index (χ0) is 19.2. The molecule has 0 aliphatic carbocycles. The van der Waals surface area contributed by atoms with Gasteiger partial charge in [0.15, 0.2) is 4.34 Å². The molecule has 1 amide bonds. The molecular weight excluding hydrogens is 376 g/mol. The van der Waals surface area contributed by atoms with Gasteiger partial charge in [-0.3, -0.25) is 4.79 Å². The van der Waals surface area contributed by atoms with E-state index in [2.05, 4.69) is 21.6 Å². The molecule has 0 aliphatic heterocycles. The number of thioether (sulfide) groups is 1. The molecule has 1 N–H and O–H groups in total. The first kappa shape index (κ1) is 19.4. The fraction of sp³-hybridized carbons (Fsp3) is 0.250. The van der Waals surface area contributed by atoms with Gasteiger partial charge in [0.25, 0.3) is 0 Å². The Morgan fingerprint density at radius 2 is 1.96 bits per heavy atom. The Hall–Kier alpha value is -2.38. The van der Waals surface area contributed by atoms with E-state index in [4.69, 9.17) is 0 Å². The van der Waals surface area contributed by atoms with Crippen LogP contribution in [0.3, 0.4) is 0 Å². The van der Waals surface area contributed by atoms with E-state index >= 15 is 0 Å². The maximum absolute atomic E-state index is 12.9. The number of carbonyl (C=O) groups is 1. The molecule has 0 aliphatic rings. The number of benzene rings is 2. The highest BCUT2D eigenvalue weighted by atomic mass is 32.2. The molecule has 0 saturated carbocycles. The van der Waals surface area contributed by atoms with Gasteiger partial charge in [-0.05, 0) is 50.6 Å². The van der Waals surface area contributed by atoms with Crippen molar-refractivity contribution in [2.45, 2.75) is 30.4 Å². The lowest BCUT2D eigenvalue weighted by Crippen LogP contribution is -2.36. The fourth-order valence-electron chi connectivity index (χ4n) is 2.65. The summed E-state index contributed by atoms with van der Waals surface area (Å²) < 4.78 is 0.773. The number of hydrogen-bond donors (Lipinski definition) is 1. The topological polar surface area (TPSA) is 58.1 Å². The average Bonchev–Trinajstić information content (AvgIpc) is 3.10. The van der Waals surface area contributed by atoms with Crippen molar-refractivity contribution in [3.05, 3.63) is 60.2 Å². The summed E-state index contributed by atoms with van der Waals surface area (Å²) in [5.74, 6) is 0.0668. The van der Waals surface area contributed by atoms with Gasteiger partial charge in [-0.1, -0.05) is 53.4 Å². The van der Waals surface area contributed by atoms with E-state index in [0.29, 0.717) is 6.54 Å². The number of amides is 1. The van der Waals surface area contributed by atoms with Gasteiger partial charge >= 0.3 is 0 Å². The van der Waals surface area contributed by atoms with Crippen LogP contribution in [0.25, 0.3) is 0 Å². The summed E-state index contributed by atoms with van der Waals surface area (Å²) in [7, 11) is 0. The molecule has 27 heavy (non-hydrogen) atoms. The van der Waals surface area contributed by atoms with E-state index in [-0.39, 0.29) is 11.2 Å². The molecule has 3 rings (SSSR count). The minimum absolute atomic E-state index is 0.0668. The van der Waals surface area contributed by atoms with Crippen LogP contribution in [-0.4, -0.2) is 27.9 Å². The molecule has 140 valence electrons. The zero-order valence-electron chi connectivity index (χ0n) is 15.5. The molecule has 2 aromatic carbocycles. The highest BCUT2D eigenvalue weighted by Crippen LogP contribution is 2.31. The molecule has 1 atom stereocenters. The first-order valence-electron chi connectivity index (χ1n) is 8.77. The number of aromatic nitrogens is 2. The molecule has 0 bridgehead atoms. The summed E-state index contributed by atoms with van der Waals surface area (Å²) >= 11 is 2.89. The summed E-state index contributed by atoms with van der Waals surface area (Å²) in [6.45, 7) is 6.57. The predicted octanol–water partition coefficient (Wildman–Crippen LogP) is 5.12. The molecule has 0 fully saturated rings. The highest BCUT2D eigenvalue weighted by molar-refractivity contribution is 8.02. The highest BCUT2D eigenvalue weighted by Gasteiger charge is 2.23. The molecule has 0 spiro atoms. The second-order valence-corrected chi connectivity index (χ2v) is 8.61. The first-order chi connectivity index (χ1) is 13.1. The van der Waals surface area contributed by atoms with Gasteiger partial charge < -0.3 is 10.2 Å². The van der Waals surface area contributed by atoms with Gasteiger partial charge in [0.1, 0.15) is 0 Å². The lowest BCUT2D eigenvalue weighted by Gasteiger charge is -2.23. The average molecular weight is 399 g/mol. The van der Waals surface area contributed by atoms with E-state index < -0.39 is 0 Å². The number of para-hydroxylation sites is 1. The van der Waals surface area contributed by atoms with Crippen molar-refractivity contribution >= 4 is 45.5 Å². The van der Waals surface area contributed by atoms with Crippen LogP contribution in [0.4, 0.5) is 16.5 Å². The van der Waals surface area contributed by atoms with Crippen molar-refractivity contribution in [1.29, 1.82) is 0 Å². The number of aryl methyl sites for hydroxylation is 1. The van der Waals surface area contributed by atoms with E-state index in [9.17, 15) is 4.79 Å². The van der Waals surface area contributed by atoms with Crippen LogP contribution in [0.1, 0.15) is 19.4 Å². The van der Waals surface area contributed by atoms with Crippen molar-refractivity contribution in [3.8, 4) is 0 Å². The third-order valence-electron chi connectivity index (χ3n) is 3.95. The van der Waals surface area contributed by atoms with E-state index in [1.54, 1.807) is 4.90 Å². The normalized spacial score (nSPS) is 11.8. The molecule has 1 aromatic heterocycles. The van der Waals surface area contributed by atoms with Gasteiger partial charge in [-0.2, -0.15) is 0 Å². The van der Waals surface area contributed by atoms with Gasteiger partial charge in [0, 0.05) is 17.9 Å². The number of nitrogens with one attached hydrogen (secondary N) is 1. The smallest absolute Gasteiger partial charge is 0.240 e. The number of anilines is 3. The summed E-state index contributed by atoms with van der Waals surface area (Å²) in [5, 5.41) is 12.1. The summed E-state index contributed by atoms with van der Waals surface area (Å²) in [4.78, 5) is 14.7. The van der Waals surface area contributed by atoms with Crippen LogP contribution in [0.15, 0.2) is 58.9 Å². The first-order valence-corrected chi connectivity index (χ1v) is 10.5. The maximum Gasteiger partial charge on any atom is 0.240 e. The van der Waals surface area contributed by atoms with Crippen molar-refractivity contribution < 1.29 is 4.79 Å². The minimum atomic E-state index is -0.245. The van der Waals surface area contributed by atoms with Gasteiger partial charge in [0.05, 0.1) is 5.25 Å². The maximum atomic E-state index is 12.9. The van der Waals surface area contributed by atoms with Gasteiger partial charge in [-0.15, -0.1) is 10.2 Å². The van der Waals surface area contributed by atoms with Crippen LogP contribution >= 0.6 is 23.1 Å². The lowest BCUT2D eigenvalue weighted by molar-refractivity contribution is -0.117. The largest absolute Gasteiger partial charge is 0.330 e. The summed E-state index contributed by atoms with van der Waals surface area (Å²) in [6.07, 6.45) is 0. The number of nitrogens with zero attached hydrogens (tertiary/aromatic N) is 3. The standard InChI is InChI=1S/C20H22N4OS2/c1-4-24(17-11-6-5-7-12-17)18(25)15(3)26-20-23-22-19(27-20)21-16-10-8-9-14(2)13-16/h5-13,15H,4H2,1-3H3,(H,21,22). The molecule has 7 heteroatoms. The van der Waals surface area contributed by atoms with Crippen LogP contribution in [0.2, 0.25) is 0 Å². The number of carbonyl (C=O) groups excluding carboxylic acids is 1. The second-order valence-electron chi connectivity index (χ2n) is 6.05. The second kappa shape index (κ2) is 9.01. The Bertz CT molecular complexity index is 898. The SMILES string of the molecule is CCN(C(=O)C(C)Sc1nnc(Nc2cccc(C)c2)s1)c1ccccc1. The third kappa shape index (κ3) is 5.08. The molecule has 1 heterocycles. The van der Waals surface area contributed by atoms with E-state index in [1.807, 2.05) is 69.3 Å². The van der Waals surface area contributed by atoms with Crippen LogP contribution in [-0.2, 0) is 4.79 Å². The lowest BCUT2D eigenvalue weighted by atomic mass is 10.2. The number of rotatable bonds is 7. The molecule has 0 radical (unpaired) electrons. The molecular formula is C20H22N4OS2. The minimum Gasteiger partial charge on any atom is -0.330 e. The summed E-state index contributed by atoms with van der Waals surface area (Å²) in [6, 6.07) is 17.8.